The molecule has 0 aliphatic rings. The summed E-state index contributed by atoms with van der Waals surface area (Å²) in [5.41, 5.74) is 2.69. The van der Waals surface area contributed by atoms with Gasteiger partial charge in [0, 0.05) is 6.20 Å². The van der Waals surface area contributed by atoms with Crippen molar-refractivity contribution < 1.29 is 4.42 Å². The minimum Gasteiger partial charge on any atom is -0.406 e. The molecule has 66 valence electrons. The highest BCUT2D eigenvalue weighted by atomic mass is 16.4. The van der Waals surface area contributed by atoms with Crippen LogP contribution in [0.5, 0.6) is 0 Å². The van der Waals surface area contributed by atoms with E-state index in [1.807, 2.05) is 6.92 Å². The topological polar surface area (TPSA) is 58.9 Å². The molecule has 2 aromatic heterocycles. The van der Waals surface area contributed by atoms with Crippen LogP contribution in [0.1, 0.15) is 12.5 Å². The summed E-state index contributed by atoms with van der Waals surface area (Å²) in [5, 5.41) is 0. The van der Waals surface area contributed by atoms with Crippen molar-refractivity contribution in [2.45, 2.75) is 6.92 Å². The lowest BCUT2D eigenvalue weighted by Gasteiger charge is -1.95. The van der Waals surface area contributed by atoms with Crippen molar-refractivity contribution in [3.05, 3.63) is 35.0 Å². The first-order valence-electron chi connectivity index (χ1n) is 3.81. The number of hydrogen-bond acceptors (Lipinski definition) is 3. The molecule has 2 heterocycles. The fourth-order valence-corrected chi connectivity index (χ4v) is 1.07. The van der Waals surface area contributed by atoms with Crippen molar-refractivity contribution in [1.82, 2.24) is 9.97 Å². The van der Waals surface area contributed by atoms with Crippen LogP contribution in [0.15, 0.2) is 28.1 Å². The Kier molecular flexibility index (Phi) is 1.55. The first kappa shape index (κ1) is 7.79. The third kappa shape index (κ3) is 1.26. The summed E-state index contributed by atoms with van der Waals surface area (Å²) in [6.45, 7) is 5.64. The van der Waals surface area contributed by atoms with Gasteiger partial charge in [0.2, 0.25) is 0 Å². The Balaban J connectivity index is 2.74. The number of allylic oxidation sites excluding steroid dienone is 1. The van der Waals surface area contributed by atoms with Crippen LogP contribution in [0.3, 0.4) is 0 Å². The van der Waals surface area contributed by atoms with Gasteiger partial charge in [0.15, 0.2) is 11.2 Å². The predicted molar refractivity (Wildman–Crippen MR) is 49.3 cm³/mol. The van der Waals surface area contributed by atoms with Crippen molar-refractivity contribution >= 4 is 16.8 Å². The molecule has 0 saturated heterocycles. The molecule has 13 heavy (non-hydrogen) atoms. The maximum atomic E-state index is 10.8. The number of nitrogens with zero attached hydrogens (tertiary/aromatic N) is 1. The molecule has 2 aromatic rings. The summed E-state index contributed by atoms with van der Waals surface area (Å²) >= 11 is 0. The van der Waals surface area contributed by atoms with Gasteiger partial charge in [0.05, 0.1) is 0 Å². The molecule has 0 amide bonds. The monoisotopic (exact) mass is 176 g/mol. The van der Waals surface area contributed by atoms with E-state index in [1.165, 1.54) is 0 Å². The molecule has 0 spiro atoms. The summed E-state index contributed by atoms with van der Waals surface area (Å²) in [5.74, 6) is -0.485. The van der Waals surface area contributed by atoms with Crippen LogP contribution in [0.2, 0.25) is 0 Å². The quantitative estimate of drug-likeness (QED) is 0.717. The largest absolute Gasteiger partial charge is 0.418 e. The van der Waals surface area contributed by atoms with E-state index in [0.29, 0.717) is 11.2 Å². The molecule has 1 N–H and O–H groups in total. The Bertz CT molecular complexity index is 522. The highest BCUT2D eigenvalue weighted by Gasteiger charge is 2.03. The molecular formula is C9H8N2O2. The van der Waals surface area contributed by atoms with Gasteiger partial charge < -0.3 is 4.42 Å². The molecule has 0 bridgehead atoms. The van der Waals surface area contributed by atoms with Gasteiger partial charge in [0.25, 0.3) is 0 Å². The molecule has 0 radical (unpaired) electrons. The smallest absolute Gasteiger partial charge is 0.406 e. The van der Waals surface area contributed by atoms with E-state index in [1.54, 1.807) is 12.3 Å². The van der Waals surface area contributed by atoms with Crippen molar-refractivity contribution in [2.24, 2.45) is 0 Å². The van der Waals surface area contributed by atoms with Crippen molar-refractivity contribution in [3.63, 3.8) is 0 Å². The van der Waals surface area contributed by atoms with E-state index in [4.69, 9.17) is 4.42 Å². The van der Waals surface area contributed by atoms with Crippen LogP contribution in [0.4, 0.5) is 0 Å². The molecule has 4 nitrogen and oxygen atoms in total. The van der Waals surface area contributed by atoms with Gasteiger partial charge in [-0.1, -0.05) is 6.58 Å². The Morgan fingerprint density at radius 3 is 3.15 bits per heavy atom. The Labute approximate surface area is 73.9 Å². The molecule has 0 aliphatic carbocycles. The van der Waals surface area contributed by atoms with E-state index in [-0.39, 0.29) is 0 Å². The Morgan fingerprint density at radius 1 is 1.69 bits per heavy atom. The fraction of sp³-hybridized carbons (Fsp3) is 0.111. The molecule has 0 atom stereocenters. The second-order valence-electron chi connectivity index (χ2n) is 2.87. The SMILES string of the molecule is C=C(C)c1cnc2[nH]c(=O)oc2c1. The second kappa shape index (κ2) is 2.58. The van der Waals surface area contributed by atoms with E-state index in [0.717, 1.165) is 11.1 Å². The molecule has 0 aromatic carbocycles. The van der Waals surface area contributed by atoms with Gasteiger partial charge in [-0.25, -0.2) is 9.78 Å². The number of hydrogen-bond donors (Lipinski definition) is 1. The van der Waals surface area contributed by atoms with Crippen molar-refractivity contribution in [1.29, 1.82) is 0 Å². The highest BCUT2D eigenvalue weighted by molar-refractivity contribution is 5.73. The minimum atomic E-state index is -0.485. The zero-order chi connectivity index (χ0) is 9.42. The lowest BCUT2D eigenvalue weighted by atomic mass is 10.1. The number of fused-ring (bicyclic) bond motifs is 1. The number of rotatable bonds is 1. The Hall–Kier alpha value is -1.84. The summed E-state index contributed by atoms with van der Waals surface area (Å²) in [7, 11) is 0. The molecule has 0 fully saturated rings. The Morgan fingerprint density at radius 2 is 2.46 bits per heavy atom. The highest BCUT2D eigenvalue weighted by Crippen LogP contribution is 2.14. The third-order valence-electron chi connectivity index (χ3n) is 1.77. The molecule has 0 saturated carbocycles. The number of oxazole rings is 1. The van der Waals surface area contributed by atoms with E-state index in [2.05, 4.69) is 16.5 Å². The van der Waals surface area contributed by atoms with E-state index < -0.39 is 5.76 Å². The van der Waals surface area contributed by atoms with Crippen LogP contribution in [0.25, 0.3) is 16.8 Å². The van der Waals surface area contributed by atoms with Crippen LogP contribution in [0, 0.1) is 0 Å². The summed E-state index contributed by atoms with van der Waals surface area (Å²) in [4.78, 5) is 17.3. The van der Waals surface area contributed by atoms with Crippen molar-refractivity contribution in [3.8, 4) is 0 Å². The maximum absolute atomic E-state index is 10.8. The van der Waals surface area contributed by atoms with Gasteiger partial charge in [-0.3, -0.25) is 4.98 Å². The number of aromatic amines is 1. The molecular weight excluding hydrogens is 168 g/mol. The second-order valence-corrected chi connectivity index (χ2v) is 2.87. The number of H-pyrrole nitrogens is 1. The average Bonchev–Trinajstić information content (AvgIpc) is 2.42. The van der Waals surface area contributed by atoms with E-state index >= 15 is 0 Å². The molecule has 0 unspecified atom stereocenters. The summed E-state index contributed by atoms with van der Waals surface area (Å²) in [6, 6.07) is 1.74. The van der Waals surface area contributed by atoms with Gasteiger partial charge >= 0.3 is 5.76 Å². The minimum absolute atomic E-state index is 0.463. The first-order valence-corrected chi connectivity index (χ1v) is 3.81. The fourth-order valence-electron chi connectivity index (χ4n) is 1.07. The lowest BCUT2D eigenvalue weighted by molar-refractivity contribution is 0.555. The van der Waals surface area contributed by atoms with Gasteiger partial charge in [-0.15, -0.1) is 0 Å². The van der Waals surface area contributed by atoms with Crippen LogP contribution in [-0.4, -0.2) is 9.97 Å². The summed E-state index contributed by atoms with van der Waals surface area (Å²) < 4.78 is 4.84. The molecule has 0 aliphatic heterocycles. The maximum Gasteiger partial charge on any atom is 0.418 e. The zero-order valence-corrected chi connectivity index (χ0v) is 7.13. The molecule has 4 heteroatoms. The van der Waals surface area contributed by atoms with Gasteiger partial charge in [-0.2, -0.15) is 0 Å². The normalized spacial score (nSPS) is 10.5. The number of pyridine rings is 1. The predicted octanol–water partition coefficient (Wildman–Crippen LogP) is 1.55. The first-order chi connectivity index (χ1) is 6.16. The van der Waals surface area contributed by atoms with Crippen LogP contribution >= 0.6 is 0 Å². The van der Waals surface area contributed by atoms with Gasteiger partial charge in [0.1, 0.15) is 0 Å². The summed E-state index contributed by atoms with van der Waals surface area (Å²) in [6.07, 6.45) is 1.65. The van der Waals surface area contributed by atoms with Crippen molar-refractivity contribution in [2.75, 3.05) is 0 Å². The standard InChI is InChI=1S/C9H8N2O2/c1-5(2)6-3-7-8(10-4-6)11-9(12)13-7/h3-4H,1H2,2H3,(H,10,11,12). The van der Waals surface area contributed by atoms with Gasteiger partial charge in [-0.05, 0) is 24.1 Å². The number of aromatic nitrogens is 2. The number of nitrogens with one attached hydrogen (secondary N) is 1. The lowest BCUT2D eigenvalue weighted by Crippen LogP contribution is -1.93. The average molecular weight is 176 g/mol. The molecule has 2 rings (SSSR count). The van der Waals surface area contributed by atoms with Crippen LogP contribution < -0.4 is 5.76 Å². The zero-order valence-electron chi connectivity index (χ0n) is 7.13. The third-order valence-corrected chi connectivity index (χ3v) is 1.77. The van der Waals surface area contributed by atoms with Crippen LogP contribution in [-0.2, 0) is 0 Å². The van der Waals surface area contributed by atoms with E-state index in [9.17, 15) is 4.79 Å².